The van der Waals surface area contributed by atoms with Crippen molar-refractivity contribution >= 4 is 39.2 Å². The lowest BCUT2D eigenvalue weighted by molar-refractivity contribution is 0.0959. The molecule has 1 atom stereocenters. The predicted molar refractivity (Wildman–Crippen MR) is 129 cm³/mol. The van der Waals surface area contributed by atoms with Crippen LogP contribution in [0.3, 0.4) is 0 Å². The normalized spacial score (nSPS) is 15.9. The van der Waals surface area contributed by atoms with Gasteiger partial charge in [-0.2, -0.15) is 0 Å². The number of hydrogen-bond donors (Lipinski definition) is 2. The van der Waals surface area contributed by atoms with Gasteiger partial charge in [0.15, 0.2) is 5.65 Å². The third-order valence-corrected chi connectivity index (χ3v) is 5.94. The van der Waals surface area contributed by atoms with E-state index in [1.54, 1.807) is 13.1 Å². The minimum absolute atomic E-state index is 0.0198. The number of carbonyl (C=O) groups is 1. The molecule has 1 amide bonds. The number of aryl methyl sites for hydroxylation is 1. The summed E-state index contributed by atoms with van der Waals surface area (Å²) in [5.41, 5.74) is 4.40. The molecule has 4 rings (SSSR count). The number of imidazole rings is 1. The molecule has 0 saturated carbocycles. The van der Waals surface area contributed by atoms with Crippen LogP contribution in [-0.4, -0.2) is 52.9 Å². The van der Waals surface area contributed by atoms with Gasteiger partial charge in [-0.15, -0.1) is 0 Å². The van der Waals surface area contributed by atoms with Gasteiger partial charge >= 0.3 is 0 Å². The lowest BCUT2D eigenvalue weighted by atomic mass is 10.1. The second-order valence-corrected chi connectivity index (χ2v) is 8.45. The monoisotopic (exact) mass is 502 g/mol. The number of anilines is 1. The summed E-state index contributed by atoms with van der Waals surface area (Å²) in [5.74, 6) is -0.998. The number of benzene rings is 1. The van der Waals surface area contributed by atoms with E-state index < -0.39 is 11.7 Å². The quantitative estimate of drug-likeness (QED) is 0.551. The molecule has 0 spiro atoms. The zero-order chi connectivity index (χ0) is 23.4. The average Bonchev–Trinajstić information content (AvgIpc) is 3.39. The second-order valence-electron chi connectivity index (χ2n) is 7.64. The van der Waals surface area contributed by atoms with E-state index in [-0.39, 0.29) is 5.56 Å². The molecular weight excluding hydrogens is 475 g/mol. The fraction of sp³-hybridized carbons (Fsp3) is 0.348. The molecule has 0 bridgehead atoms. The minimum Gasteiger partial charge on any atom is -0.388 e. The van der Waals surface area contributed by atoms with Gasteiger partial charge in [0.05, 0.1) is 23.0 Å². The van der Waals surface area contributed by atoms with Crippen LogP contribution in [0, 0.1) is 12.7 Å². The first-order chi connectivity index (χ1) is 15.3. The molecule has 1 fully saturated rings. The Bertz CT molecular complexity index is 1150. The van der Waals surface area contributed by atoms with Crippen molar-refractivity contribution in [3.8, 4) is 0 Å². The summed E-state index contributed by atoms with van der Waals surface area (Å²) >= 11 is 3.42. The maximum absolute atomic E-state index is 13.5. The maximum Gasteiger partial charge on any atom is 0.254 e. The molecule has 7 nitrogen and oxygen atoms in total. The smallest absolute Gasteiger partial charge is 0.254 e. The molecule has 2 N–H and O–H groups in total. The third kappa shape index (κ3) is 4.99. The van der Waals surface area contributed by atoms with E-state index in [1.807, 2.05) is 13.1 Å². The molecule has 1 saturated heterocycles. The molecule has 3 heterocycles. The van der Waals surface area contributed by atoms with Crippen molar-refractivity contribution in [1.82, 2.24) is 24.6 Å². The highest BCUT2D eigenvalue weighted by Gasteiger charge is 2.25. The highest BCUT2D eigenvalue weighted by atomic mass is 79.9. The van der Waals surface area contributed by atoms with Crippen LogP contribution in [0.5, 0.6) is 0 Å². The molecule has 0 aliphatic carbocycles. The van der Waals surface area contributed by atoms with Crippen molar-refractivity contribution < 1.29 is 9.18 Å². The van der Waals surface area contributed by atoms with Gasteiger partial charge in [-0.25, -0.2) is 14.4 Å². The Morgan fingerprint density at radius 2 is 2.06 bits per heavy atom. The molecular formula is C23H28BrFN6O. The standard InChI is InChI=1S/C12H15BrN4.C11H13FN2O/c1-8-12-15-9(10-4-3-5-16(10)2)6-17(12)7-11(13)14-8;1-4-7-5-8(11(15)14-3)9(12)6-10(7)13-2/h6-7,10H,3-5H2,1-2H3;4-6,13H,1H2,2-3H3,(H,14,15). The largest absolute Gasteiger partial charge is 0.388 e. The van der Waals surface area contributed by atoms with Crippen LogP contribution in [-0.2, 0) is 0 Å². The summed E-state index contributed by atoms with van der Waals surface area (Å²) in [5, 5.41) is 5.21. The first kappa shape index (κ1) is 23.9. The first-order valence-electron chi connectivity index (χ1n) is 10.4. The molecule has 9 heteroatoms. The van der Waals surface area contributed by atoms with Gasteiger partial charge in [0.1, 0.15) is 10.4 Å². The van der Waals surface area contributed by atoms with Crippen LogP contribution in [0.25, 0.3) is 11.7 Å². The Morgan fingerprint density at radius 3 is 2.66 bits per heavy atom. The van der Waals surface area contributed by atoms with Crippen molar-refractivity contribution in [2.75, 3.05) is 33.0 Å². The number of rotatable bonds is 4. The maximum atomic E-state index is 13.5. The highest BCUT2D eigenvalue weighted by molar-refractivity contribution is 9.10. The zero-order valence-corrected chi connectivity index (χ0v) is 20.3. The number of nitrogens with zero attached hydrogens (tertiary/aromatic N) is 4. The van der Waals surface area contributed by atoms with E-state index in [2.05, 4.69) is 60.7 Å². The second kappa shape index (κ2) is 10.2. The van der Waals surface area contributed by atoms with Gasteiger partial charge in [0.25, 0.3) is 5.91 Å². The summed E-state index contributed by atoms with van der Waals surface area (Å²) < 4.78 is 16.4. The molecule has 170 valence electrons. The van der Waals surface area contributed by atoms with E-state index in [9.17, 15) is 9.18 Å². The van der Waals surface area contributed by atoms with E-state index in [0.717, 1.165) is 21.6 Å². The lowest BCUT2D eigenvalue weighted by Gasteiger charge is -2.16. The zero-order valence-electron chi connectivity index (χ0n) is 18.7. The molecule has 0 radical (unpaired) electrons. The van der Waals surface area contributed by atoms with E-state index in [4.69, 9.17) is 4.98 Å². The van der Waals surface area contributed by atoms with Crippen LogP contribution in [0.4, 0.5) is 10.1 Å². The molecule has 1 aromatic carbocycles. The van der Waals surface area contributed by atoms with Gasteiger partial charge < -0.3 is 15.0 Å². The number of likely N-dealkylation sites (tertiary alicyclic amines) is 1. The van der Waals surface area contributed by atoms with Crippen molar-refractivity contribution in [1.29, 1.82) is 0 Å². The van der Waals surface area contributed by atoms with Crippen molar-refractivity contribution in [3.05, 3.63) is 64.0 Å². The van der Waals surface area contributed by atoms with Crippen molar-refractivity contribution in [2.24, 2.45) is 0 Å². The van der Waals surface area contributed by atoms with Crippen LogP contribution in [0.15, 0.2) is 35.7 Å². The highest BCUT2D eigenvalue weighted by Crippen LogP contribution is 2.30. The summed E-state index contributed by atoms with van der Waals surface area (Å²) in [4.78, 5) is 22.8. The fourth-order valence-electron chi connectivity index (χ4n) is 3.86. The number of nitrogens with one attached hydrogen (secondary N) is 2. The van der Waals surface area contributed by atoms with Crippen LogP contribution < -0.4 is 10.6 Å². The Balaban J connectivity index is 0.000000183. The van der Waals surface area contributed by atoms with Crippen molar-refractivity contribution in [2.45, 2.75) is 25.8 Å². The van der Waals surface area contributed by atoms with Crippen molar-refractivity contribution in [3.63, 3.8) is 0 Å². The fourth-order valence-corrected chi connectivity index (χ4v) is 4.35. The summed E-state index contributed by atoms with van der Waals surface area (Å²) in [6.45, 7) is 6.76. The van der Waals surface area contributed by atoms with Gasteiger partial charge in [-0.1, -0.05) is 12.7 Å². The topological polar surface area (TPSA) is 74.6 Å². The van der Waals surface area contributed by atoms with Gasteiger partial charge in [0, 0.05) is 32.2 Å². The number of halogens is 2. The summed E-state index contributed by atoms with van der Waals surface area (Å²) in [6.07, 6.45) is 8.12. The van der Waals surface area contributed by atoms with E-state index in [1.165, 1.54) is 38.6 Å². The molecule has 1 unspecified atom stereocenters. The third-order valence-electron chi connectivity index (χ3n) is 5.56. The molecule has 1 aliphatic heterocycles. The number of hydrogen-bond acceptors (Lipinski definition) is 5. The predicted octanol–water partition coefficient (Wildman–Crippen LogP) is 4.44. The van der Waals surface area contributed by atoms with E-state index >= 15 is 0 Å². The Kier molecular flexibility index (Phi) is 7.63. The Morgan fingerprint density at radius 1 is 1.31 bits per heavy atom. The van der Waals surface area contributed by atoms with Gasteiger partial charge in [0.2, 0.25) is 0 Å². The molecule has 2 aromatic heterocycles. The number of aromatic nitrogens is 3. The first-order valence-corrected chi connectivity index (χ1v) is 11.2. The van der Waals surface area contributed by atoms with Gasteiger partial charge in [-0.05, 0) is 67.0 Å². The number of carbonyl (C=O) groups excluding carboxylic acids is 1. The average molecular weight is 503 g/mol. The van der Waals surface area contributed by atoms with Crippen LogP contribution in [0.1, 0.15) is 46.2 Å². The number of fused-ring (bicyclic) bond motifs is 1. The molecule has 32 heavy (non-hydrogen) atoms. The summed E-state index contributed by atoms with van der Waals surface area (Å²) in [6, 6.07) is 3.21. The minimum atomic E-state index is -0.552. The van der Waals surface area contributed by atoms with Gasteiger partial charge in [-0.3, -0.25) is 9.69 Å². The molecule has 3 aromatic rings. The van der Waals surface area contributed by atoms with Crippen LogP contribution in [0.2, 0.25) is 0 Å². The number of amides is 1. The van der Waals surface area contributed by atoms with E-state index in [0.29, 0.717) is 17.3 Å². The Hall–Kier alpha value is -2.78. The molecule has 1 aliphatic rings. The Labute approximate surface area is 195 Å². The SMILES string of the molecule is C=Cc1cc(C(=O)NC)c(F)cc1NC.Cc1nc(Br)cn2cc(C3CCCN3C)nc12. The van der Waals surface area contributed by atoms with Crippen LogP contribution >= 0.6 is 15.9 Å². The lowest BCUT2D eigenvalue weighted by Crippen LogP contribution is -2.19. The summed E-state index contributed by atoms with van der Waals surface area (Å²) in [7, 11) is 5.31.